The Labute approximate surface area is 218 Å². The maximum absolute atomic E-state index is 13.5. The Morgan fingerprint density at radius 3 is 2.24 bits per heavy atom. The molecule has 190 valence electrons. The molecule has 1 N–H and O–H groups in total. The Morgan fingerprint density at radius 1 is 0.892 bits per heavy atom. The first-order valence-corrected chi connectivity index (χ1v) is 12.8. The number of carbonyl (C=O) groups excluding carboxylic acids is 2. The van der Waals surface area contributed by atoms with Gasteiger partial charge in [0.25, 0.3) is 5.91 Å². The summed E-state index contributed by atoms with van der Waals surface area (Å²) in [6, 6.07) is 25.4. The van der Waals surface area contributed by atoms with E-state index in [1.165, 1.54) is 0 Å². The number of aryl methyl sites for hydroxylation is 3. The van der Waals surface area contributed by atoms with Gasteiger partial charge in [0.15, 0.2) is 0 Å². The van der Waals surface area contributed by atoms with E-state index < -0.39 is 0 Å². The lowest BCUT2D eigenvalue weighted by atomic mass is 10.1. The summed E-state index contributed by atoms with van der Waals surface area (Å²) in [5.74, 6) is 0.202. The van der Waals surface area contributed by atoms with Gasteiger partial charge in [0.2, 0.25) is 5.91 Å². The monoisotopic (exact) mass is 494 g/mol. The lowest BCUT2D eigenvalue weighted by molar-refractivity contribution is -0.116. The molecule has 0 bridgehead atoms. The molecule has 4 aromatic rings. The van der Waals surface area contributed by atoms with E-state index in [9.17, 15) is 9.59 Å². The molecule has 0 saturated carbocycles. The minimum absolute atomic E-state index is 0.0421. The molecule has 0 aliphatic carbocycles. The van der Waals surface area contributed by atoms with E-state index in [2.05, 4.69) is 12.2 Å². The van der Waals surface area contributed by atoms with Crippen LogP contribution in [0.2, 0.25) is 0 Å². The van der Waals surface area contributed by atoms with E-state index in [-0.39, 0.29) is 18.4 Å². The third-order valence-electron chi connectivity index (χ3n) is 6.44. The third-order valence-corrected chi connectivity index (χ3v) is 6.44. The second-order valence-electron chi connectivity index (χ2n) is 9.37. The zero-order valence-electron chi connectivity index (χ0n) is 22.0. The molecule has 4 rings (SSSR count). The second-order valence-corrected chi connectivity index (χ2v) is 9.37. The zero-order valence-corrected chi connectivity index (χ0v) is 22.0. The van der Waals surface area contributed by atoms with Crippen LogP contribution in [0.3, 0.4) is 0 Å². The number of benzene rings is 3. The number of hydrogen-bond acceptors (Lipinski definition) is 3. The van der Waals surface area contributed by atoms with Crippen LogP contribution in [0.5, 0.6) is 0 Å². The molecule has 0 aliphatic heterocycles. The fraction of sp³-hybridized carbons (Fsp3) is 0.258. The van der Waals surface area contributed by atoms with Crippen LogP contribution in [0, 0.1) is 20.8 Å². The summed E-state index contributed by atoms with van der Waals surface area (Å²) in [4.78, 5) is 28.5. The molecule has 0 fully saturated rings. The largest absolute Gasteiger partial charge is 0.329 e. The van der Waals surface area contributed by atoms with Crippen molar-refractivity contribution in [2.24, 2.45) is 0 Å². The third kappa shape index (κ3) is 5.97. The SMILES string of the molecule is CCCCN(CC(=O)Nc1c(-c2ccccc2)c(C)nn1-c1ccc(C)cc1)C(=O)c1ccccc1C. The summed E-state index contributed by atoms with van der Waals surface area (Å²) in [5, 5.41) is 7.89. The van der Waals surface area contributed by atoms with Crippen LogP contribution in [-0.4, -0.2) is 39.6 Å². The Morgan fingerprint density at radius 2 is 1.57 bits per heavy atom. The van der Waals surface area contributed by atoms with E-state index in [0.29, 0.717) is 17.9 Å². The number of carbonyl (C=O) groups is 2. The molecule has 0 atom stereocenters. The number of hydrogen-bond donors (Lipinski definition) is 1. The van der Waals surface area contributed by atoms with Gasteiger partial charge in [0.05, 0.1) is 11.4 Å². The maximum atomic E-state index is 13.5. The zero-order chi connectivity index (χ0) is 26.4. The van der Waals surface area contributed by atoms with Gasteiger partial charge in [-0.2, -0.15) is 5.10 Å². The van der Waals surface area contributed by atoms with E-state index in [0.717, 1.165) is 46.5 Å². The number of anilines is 1. The van der Waals surface area contributed by atoms with Crippen LogP contribution < -0.4 is 5.32 Å². The Bertz CT molecular complexity index is 1370. The predicted octanol–water partition coefficient (Wildman–Crippen LogP) is 6.35. The predicted molar refractivity (Wildman–Crippen MR) is 149 cm³/mol. The Hall–Kier alpha value is -4.19. The molecule has 0 radical (unpaired) electrons. The lowest BCUT2D eigenvalue weighted by Crippen LogP contribution is -2.39. The van der Waals surface area contributed by atoms with Gasteiger partial charge < -0.3 is 10.2 Å². The van der Waals surface area contributed by atoms with Crippen molar-refractivity contribution in [1.29, 1.82) is 0 Å². The summed E-state index contributed by atoms with van der Waals surface area (Å²) in [5.41, 5.74) is 6.15. The summed E-state index contributed by atoms with van der Waals surface area (Å²) >= 11 is 0. The Balaban J connectivity index is 1.68. The van der Waals surface area contributed by atoms with Gasteiger partial charge in [0.1, 0.15) is 12.4 Å². The molecule has 0 saturated heterocycles. The highest BCUT2D eigenvalue weighted by Crippen LogP contribution is 2.33. The second kappa shape index (κ2) is 11.7. The van der Waals surface area contributed by atoms with Gasteiger partial charge in [0, 0.05) is 17.7 Å². The highest BCUT2D eigenvalue weighted by molar-refractivity contribution is 6.01. The molecule has 1 aromatic heterocycles. The molecule has 0 unspecified atom stereocenters. The van der Waals surface area contributed by atoms with Crippen LogP contribution in [0.1, 0.15) is 46.9 Å². The molecule has 6 heteroatoms. The highest BCUT2D eigenvalue weighted by Gasteiger charge is 2.24. The van der Waals surface area contributed by atoms with Crippen LogP contribution >= 0.6 is 0 Å². The normalized spacial score (nSPS) is 10.8. The summed E-state index contributed by atoms with van der Waals surface area (Å²) in [6.45, 7) is 8.44. The van der Waals surface area contributed by atoms with Crippen molar-refractivity contribution in [3.63, 3.8) is 0 Å². The fourth-order valence-corrected chi connectivity index (χ4v) is 4.40. The highest BCUT2D eigenvalue weighted by atomic mass is 16.2. The topological polar surface area (TPSA) is 67.2 Å². The maximum Gasteiger partial charge on any atom is 0.254 e. The van der Waals surface area contributed by atoms with Crippen molar-refractivity contribution in [1.82, 2.24) is 14.7 Å². The van der Waals surface area contributed by atoms with E-state index in [4.69, 9.17) is 5.10 Å². The quantitative estimate of drug-likeness (QED) is 0.295. The van der Waals surface area contributed by atoms with E-state index in [1.54, 1.807) is 9.58 Å². The number of rotatable bonds is 9. The van der Waals surface area contributed by atoms with Gasteiger partial charge in [-0.25, -0.2) is 4.68 Å². The average Bonchev–Trinajstić information content (AvgIpc) is 3.22. The minimum atomic E-state index is -0.261. The van der Waals surface area contributed by atoms with Gasteiger partial charge in [-0.1, -0.05) is 79.6 Å². The van der Waals surface area contributed by atoms with Crippen molar-refractivity contribution in [3.05, 3.63) is 101 Å². The van der Waals surface area contributed by atoms with E-state index >= 15 is 0 Å². The molecule has 37 heavy (non-hydrogen) atoms. The number of nitrogens with one attached hydrogen (secondary N) is 1. The van der Waals surface area contributed by atoms with E-state index in [1.807, 2.05) is 99.6 Å². The van der Waals surface area contributed by atoms with Gasteiger partial charge >= 0.3 is 0 Å². The van der Waals surface area contributed by atoms with Crippen LogP contribution in [-0.2, 0) is 4.79 Å². The van der Waals surface area contributed by atoms with Gasteiger partial charge in [-0.05, 0) is 56.5 Å². The first-order chi connectivity index (χ1) is 17.9. The smallest absolute Gasteiger partial charge is 0.254 e. The number of nitrogens with zero attached hydrogens (tertiary/aromatic N) is 3. The molecule has 3 aromatic carbocycles. The average molecular weight is 495 g/mol. The summed E-state index contributed by atoms with van der Waals surface area (Å²) in [6.07, 6.45) is 1.75. The summed E-state index contributed by atoms with van der Waals surface area (Å²) < 4.78 is 1.77. The van der Waals surface area contributed by atoms with Gasteiger partial charge in [-0.3, -0.25) is 9.59 Å². The molecular formula is C31H34N4O2. The van der Waals surface area contributed by atoms with Crippen molar-refractivity contribution < 1.29 is 9.59 Å². The van der Waals surface area contributed by atoms with Crippen LogP contribution in [0.25, 0.3) is 16.8 Å². The summed E-state index contributed by atoms with van der Waals surface area (Å²) in [7, 11) is 0. The molecule has 0 aliphatic rings. The molecule has 2 amide bonds. The minimum Gasteiger partial charge on any atom is -0.329 e. The van der Waals surface area contributed by atoms with Crippen LogP contribution in [0.4, 0.5) is 5.82 Å². The van der Waals surface area contributed by atoms with Gasteiger partial charge in [-0.15, -0.1) is 0 Å². The molecule has 1 heterocycles. The number of unbranched alkanes of at least 4 members (excludes halogenated alkanes) is 1. The standard InChI is InChI=1S/C31H34N4O2/c1-5-6-20-34(31(37)27-15-11-10-12-23(27)3)21-28(36)32-30-29(25-13-8-7-9-14-25)24(4)33-35(30)26-18-16-22(2)17-19-26/h7-19H,5-6,20-21H2,1-4H3,(H,32,36). The lowest BCUT2D eigenvalue weighted by Gasteiger charge is -2.23. The van der Waals surface area contributed by atoms with Crippen molar-refractivity contribution in [2.75, 3.05) is 18.4 Å². The van der Waals surface area contributed by atoms with Crippen molar-refractivity contribution in [3.8, 4) is 16.8 Å². The first kappa shape index (κ1) is 25.9. The van der Waals surface area contributed by atoms with Crippen molar-refractivity contribution >= 4 is 17.6 Å². The Kier molecular flexibility index (Phi) is 8.18. The number of aromatic nitrogens is 2. The number of amides is 2. The van der Waals surface area contributed by atoms with Crippen molar-refractivity contribution in [2.45, 2.75) is 40.5 Å². The molecule has 6 nitrogen and oxygen atoms in total. The molecular weight excluding hydrogens is 460 g/mol. The molecule has 0 spiro atoms. The first-order valence-electron chi connectivity index (χ1n) is 12.8. The van der Waals surface area contributed by atoms with Crippen LogP contribution in [0.15, 0.2) is 78.9 Å². The fourth-order valence-electron chi connectivity index (χ4n) is 4.40.